The van der Waals surface area contributed by atoms with E-state index in [1.54, 1.807) is 60.7 Å². The molecule has 1 aromatic heterocycles. The predicted molar refractivity (Wildman–Crippen MR) is 104 cm³/mol. The normalized spacial score (nSPS) is 11.8. The second-order valence-corrected chi connectivity index (χ2v) is 6.92. The summed E-state index contributed by atoms with van der Waals surface area (Å²) in [6.07, 6.45) is 0.852. The summed E-state index contributed by atoms with van der Waals surface area (Å²) in [7, 11) is 0. The molecule has 0 saturated heterocycles. The van der Waals surface area contributed by atoms with Crippen LogP contribution in [0.2, 0.25) is 15.1 Å². The summed E-state index contributed by atoms with van der Waals surface area (Å²) < 4.78 is 5.95. The van der Waals surface area contributed by atoms with E-state index in [2.05, 4.69) is 4.98 Å². The lowest BCUT2D eigenvalue weighted by molar-refractivity contribution is -0.125. The summed E-state index contributed by atoms with van der Waals surface area (Å²) in [6, 6.07) is 17.3. The Bertz CT molecular complexity index is 878. The van der Waals surface area contributed by atoms with Crippen molar-refractivity contribution in [2.75, 3.05) is 0 Å². The van der Waals surface area contributed by atoms with Gasteiger partial charge in [-0.25, -0.2) is 0 Å². The lowest BCUT2D eigenvalue weighted by Gasteiger charge is -2.19. The summed E-state index contributed by atoms with van der Waals surface area (Å²) in [5.41, 5.74) is 1.33. The number of pyridine rings is 1. The lowest BCUT2D eigenvalue weighted by Crippen LogP contribution is -2.21. The number of benzene rings is 2. The van der Waals surface area contributed by atoms with Crippen LogP contribution in [0.25, 0.3) is 0 Å². The van der Waals surface area contributed by atoms with Crippen LogP contribution in [0.3, 0.4) is 0 Å². The molecule has 26 heavy (non-hydrogen) atoms. The monoisotopic (exact) mass is 405 g/mol. The minimum absolute atomic E-state index is 0.123. The molecule has 0 fully saturated rings. The van der Waals surface area contributed by atoms with Gasteiger partial charge in [-0.05, 0) is 54.1 Å². The molecule has 1 heterocycles. The number of carbonyl (C=O) groups is 1. The molecule has 0 bridgehead atoms. The first-order valence-electron chi connectivity index (χ1n) is 7.82. The van der Waals surface area contributed by atoms with E-state index < -0.39 is 6.10 Å². The maximum absolute atomic E-state index is 12.9. The van der Waals surface area contributed by atoms with Gasteiger partial charge in [-0.3, -0.25) is 9.78 Å². The van der Waals surface area contributed by atoms with Crippen molar-refractivity contribution >= 4 is 40.6 Å². The van der Waals surface area contributed by atoms with Crippen molar-refractivity contribution in [1.82, 2.24) is 4.98 Å². The fraction of sp³-hybridized carbons (Fsp3) is 0.100. The van der Waals surface area contributed by atoms with Gasteiger partial charge in [-0.2, -0.15) is 0 Å². The average Bonchev–Trinajstić information content (AvgIpc) is 2.64. The van der Waals surface area contributed by atoms with Crippen molar-refractivity contribution in [3.05, 3.63) is 93.2 Å². The van der Waals surface area contributed by atoms with E-state index in [0.29, 0.717) is 32.1 Å². The van der Waals surface area contributed by atoms with Crippen molar-refractivity contribution in [3.8, 4) is 5.75 Å². The summed E-state index contributed by atoms with van der Waals surface area (Å²) in [5.74, 6) is 0.420. The van der Waals surface area contributed by atoms with Gasteiger partial charge in [0.25, 0.3) is 0 Å². The SMILES string of the molecule is O=C(Cc1ccc(Cl)cn1)C(Oc1ccc(Cl)cc1)c1ccc(Cl)cc1. The third-order valence-corrected chi connectivity index (χ3v) is 4.40. The molecular formula is C20H14Cl3NO2. The van der Waals surface area contributed by atoms with Gasteiger partial charge in [0.1, 0.15) is 5.75 Å². The Morgan fingerprint density at radius 2 is 1.42 bits per heavy atom. The predicted octanol–water partition coefficient (Wildman–Crippen LogP) is 5.97. The van der Waals surface area contributed by atoms with Crippen molar-refractivity contribution in [2.45, 2.75) is 12.5 Å². The van der Waals surface area contributed by atoms with Crippen LogP contribution in [0.5, 0.6) is 5.75 Å². The third-order valence-electron chi connectivity index (χ3n) is 3.68. The highest BCUT2D eigenvalue weighted by molar-refractivity contribution is 6.31. The molecule has 0 radical (unpaired) electrons. The number of aromatic nitrogens is 1. The van der Waals surface area contributed by atoms with E-state index in [0.717, 1.165) is 0 Å². The highest BCUT2D eigenvalue weighted by Crippen LogP contribution is 2.26. The number of carbonyl (C=O) groups excluding carboxylic acids is 1. The second kappa shape index (κ2) is 8.54. The zero-order chi connectivity index (χ0) is 18.5. The van der Waals surface area contributed by atoms with Gasteiger partial charge in [-0.15, -0.1) is 0 Å². The molecule has 0 saturated carbocycles. The summed E-state index contributed by atoms with van der Waals surface area (Å²) in [4.78, 5) is 17.1. The van der Waals surface area contributed by atoms with Crippen LogP contribution in [0.4, 0.5) is 0 Å². The van der Waals surface area contributed by atoms with E-state index in [1.807, 2.05) is 0 Å². The van der Waals surface area contributed by atoms with Gasteiger partial charge in [0.05, 0.1) is 11.4 Å². The molecule has 1 unspecified atom stereocenters. The highest BCUT2D eigenvalue weighted by Gasteiger charge is 2.23. The van der Waals surface area contributed by atoms with Gasteiger partial charge in [0.2, 0.25) is 0 Å². The van der Waals surface area contributed by atoms with Gasteiger partial charge in [0.15, 0.2) is 11.9 Å². The maximum Gasteiger partial charge on any atom is 0.183 e. The molecule has 0 aliphatic heterocycles. The van der Waals surface area contributed by atoms with E-state index in [4.69, 9.17) is 39.5 Å². The molecule has 0 amide bonds. The van der Waals surface area contributed by atoms with Crippen molar-refractivity contribution < 1.29 is 9.53 Å². The molecule has 0 spiro atoms. The van der Waals surface area contributed by atoms with Crippen LogP contribution in [-0.4, -0.2) is 10.8 Å². The molecule has 132 valence electrons. The van der Waals surface area contributed by atoms with Crippen LogP contribution in [-0.2, 0) is 11.2 Å². The third kappa shape index (κ3) is 4.98. The molecule has 0 aliphatic rings. The maximum atomic E-state index is 12.9. The van der Waals surface area contributed by atoms with Crippen LogP contribution < -0.4 is 4.74 Å². The molecule has 0 aliphatic carbocycles. The summed E-state index contributed by atoms with van der Waals surface area (Å²) in [5, 5.41) is 1.70. The van der Waals surface area contributed by atoms with E-state index in [1.165, 1.54) is 6.20 Å². The van der Waals surface area contributed by atoms with Gasteiger partial charge >= 0.3 is 0 Å². The number of Topliss-reactive ketones (excluding diaryl/α,β-unsaturated/α-hetero) is 1. The van der Waals surface area contributed by atoms with Crippen molar-refractivity contribution in [3.63, 3.8) is 0 Å². The van der Waals surface area contributed by atoms with E-state index in [9.17, 15) is 4.79 Å². The first-order chi connectivity index (χ1) is 12.5. The fourth-order valence-electron chi connectivity index (χ4n) is 2.39. The molecule has 2 aromatic carbocycles. The lowest BCUT2D eigenvalue weighted by atomic mass is 10.0. The summed E-state index contributed by atoms with van der Waals surface area (Å²) in [6.45, 7) is 0. The Morgan fingerprint density at radius 3 is 2.00 bits per heavy atom. The summed E-state index contributed by atoms with van der Waals surface area (Å²) >= 11 is 17.7. The molecule has 3 aromatic rings. The minimum Gasteiger partial charge on any atom is -0.478 e. The van der Waals surface area contributed by atoms with Crippen LogP contribution in [0, 0.1) is 0 Å². The standard InChI is InChI=1S/C20H14Cl3NO2/c21-14-3-1-13(2-4-14)20(26-18-9-6-15(22)7-10-18)19(25)11-17-8-5-16(23)12-24-17/h1-10,12,20H,11H2. The zero-order valence-electron chi connectivity index (χ0n) is 13.5. The van der Waals surface area contributed by atoms with Crippen molar-refractivity contribution in [2.24, 2.45) is 0 Å². The minimum atomic E-state index is -0.786. The number of hydrogen-bond acceptors (Lipinski definition) is 3. The number of nitrogens with zero attached hydrogens (tertiary/aromatic N) is 1. The molecule has 6 heteroatoms. The first kappa shape index (κ1) is 18.7. The smallest absolute Gasteiger partial charge is 0.183 e. The molecule has 0 N–H and O–H groups in total. The van der Waals surface area contributed by atoms with Gasteiger partial charge in [-0.1, -0.05) is 46.9 Å². The Hall–Kier alpha value is -2.07. The van der Waals surface area contributed by atoms with E-state index in [-0.39, 0.29) is 12.2 Å². The Balaban J connectivity index is 1.85. The van der Waals surface area contributed by atoms with Gasteiger partial charge < -0.3 is 4.74 Å². The fourth-order valence-corrected chi connectivity index (χ4v) is 2.75. The van der Waals surface area contributed by atoms with Crippen LogP contribution in [0.15, 0.2) is 66.9 Å². The molecule has 1 atom stereocenters. The Kier molecular flexibility index (Phi) is 6.15. The number of ketones is 1. The highest BCUT2D eigenvalue weighted by atomic mass is 35.5. The number of hydrogen-bond donors (Lipinski definition) is 0. The second-order valence-electron chi connectivity index (χ2n) is 5.61. The van der Waals surface area contributed by atoms with E-state index >= 15 is 0 Å². The van der Waals surface area contributed by atoms with Crippen LogP contribution >= 0.6 is 34.8 Å². The number of halogens is 3. The van der Waals surface area contributed by atoms with Crippen molar-refractivity contribution in [1.29, 1.82) is 0 Å². The number of ether oxygens (including phenoxy) is 1. The van der Waals surface area contributed by atoms with Gasteiger partial charge in [0, 0.05) is 21.9 Å². The Labute approximate surface area is 166 Å². The zero-order valence-corrected chi connectivity index (χ0v) is 15.8. The quantitative estimate of drug-likeness (QED) is 0.506. The Morgan fingerprint density at radius 1 is 0.846 bits per heavy atom. The topological polar surface area (TPSA) is 39.2 Å². The number of rotatable bonds is 6. The largest absolute Gasteiger partial charge is 0.478 e. The van der Waals surface area contributed by atoms with Crippen LogP contribution in [0.1, 0.15) is 17.4 Å². The average molecular weight is 407 g/mol. The molecule has 3 rings (SSSR count). The first-order valence-corrected chi connectivity index (χ1v) is 8.95. The molecular weight excluding hydrogens is 393 g/mol. The molecule has 3 nitrogen and oxygen atoms in total.